The number of aliphatic hydroxyl groups excluding tert-OH is 1. The summed E-state index contributed by atoms with van der Waals surface area (Å²) in [6.07, 6.45) is 16.6. The Bertz CT molecular complexity index is 704. The predicted octanol–water partition coefficient (Wildman–Crippen LogP) is 8.19. The molecule has 31 heavy (non-hydrogen) atoms. The predicted molar refractivity (Wildman–Crippen MR) is 133 cm³/mol. The molecule has 3 fully saturated rings. The van der Waals surface area contributed by atoms with Gasteiger partial charge in [-0.2, -0.15) is 0 Å². The van der Waals surface area contributed by atoms with Gasteiger partial charge in [-0.05, 0) is 110 Å². The highest BCUT2D eigenvalue weighted by atomic mass is 16.3. The lowest BCUT2D eigenvalue weighted by atomic mass is 9.47. The summed E-state index contributed by atoms with van der Waals surface area (Å²) < 4.78 is 0. The summed E-state index contributed by atoms with van der Waals surface area (Å²) >= 11 is 0. The molecule has 3 saturated carbocycles. The maximum absolute atomic E-state index is 10.3. The van der Waals surface area contributed by atoms with Crippen molar-refractivity contribution < 1.29 is 5.11 Å². The molecule has 0 spiro atoms. The van der Waals surface area contributed by atoms with Crippen LogP contribution >= 0.6 is 0 Å². The maximum Gasteiger partial charge on any atom is 0.0577 e. The first-order valence-corrected chi connectivity index (χ1v) is 13.7. The van der Waals surface area contributed by atoms with Crippen molar-refractivity contribution in [3.8, 4) is 0 Å². The number of allylic oxidation sites excluding steroid dienone is 3. The topological polar surface area (TPSA) is 20.2 Å². The van der Waals surface area contributed by atoms with Gasteiger partial charge in [0.2, 0.25) is 0 Å². The summed E-state index contributed by atoms with van der Waals surface area (Å²) in [6.45, 7) is 17.2. The van der Waals surface area contributed by atoms with Crippen LogP contribution in [0.25, 0.3) is 0 Å². The van der Waals surface area contributed by atoms with Gasteiger partial charge in [0.1, 0.15) is 0 Å². The van der Waals surface area contributed by atoms with Gasteiger partial charge >= 0.3 is 0 Å². The standard InChI is InChI=1S/C30H50O/c1-19(2)24(20(3)4)10-8-21(5)26-12-13-27-25-11-9-22-18-23(31)14-16-29(22,6)28(25)15-17-30(26,27)7/h9-10,19-21,23,25-28,31H,8,11-18H2,1-7H3/t21-,23+,25+,26-,27+,28+,29+,30-/m1/s1. The molecule has 0 aromatic carbocycles. The zero-order chi connectivity index (χ0) is 22.6. The SMILES string of the molecule is CC(C)C(=CC[C@@H](C)[C@H]1CC[C@H]2[C@@H]3CC=C4C[C@@H](O)CC[C@]4(C)[C@H]3CC[C@]12C)C(C)C. The molecular formula is C30H50O. The molecule has 0 heterocycles. The summed E-state index contributed by atoms with van der Waals surface area (Å²) in [5.41, 5.74) is 4.19. The Hall–Kier alpha value is -0.560. The van der Waals surface area contributed by atoms with E-state index in [1.54, 1.807) is 11.1 Å². The highest BCUT2D eigenvalue weighted by Gasteiger charge is 2.59. The Morgan fingerprint density at radius 3 is 2.39 bits per heavy atom. The van der Waals surface area contributed by atoms with Crippen LogP contribution in [0, 0.1) is 52.3 Å². The molecule has 1 nitrogen and oxygen atoms in total. The number of hydrogen-bond donors (Lipinski definition) is 1. The maximum atomic E-state index is 10.3. The zero-order valence-corrected chi connectivity index (χ0v) is 21.6. The molecule has 1 N–H and O–H groups in total. The van der Waals surface area contributed by atoms with Gasteiger partial charge in [-0.25, -0.2) is 0 Å². The average Bonchev–Trinajstić information content (AvgIpc) is 3.05. The monoisotopic (exact) mass is 426 g/mol. The van der Waals surface area contributed by atoms with Crippen molar-refractivity contribution in [2.75, 3.05) is 0 Å². The lowest BCUT2D eigenvalue weighted by Crippen LogP contribution is -2.50. The summed E-state index contributed by atoms with van der Waals surface area (Å²) in [6, 6.07) is 0. The molecule has 0 aromatic rings. The van der Waals surface area contributed by atoms with Crippen molar-refractivity contribution in [1.82, 2.24) is 0 Å². The van der Waals surface area contributed by atoms with Gasteiger partial charge in [-0.1, -0.05) is 71.8 Å². The van der Waals surface area contributed by atoms with Crippen LogP contribution in [0.2, 0.25) is 0 Å². The van der Waals surface area contributed by atoms with Crippen molar-refractivity contribution in [3.05, 3.63) is 23.3 Å². The normalized spacial score (nSPS) is 43.2. The molecule has 4 aliphatic rings. The molecule has 0 aliphatic heterocycles. The van der Waals surface area contributed by atoms with E-state index in [9.17, 15) is 5.11 Å². The molecule has 0 aromatic heterocycles. The van der Waals surface area contributed by atoms with Crippen LogP contribution in [-0.4, -0.2) is 11.2 Å². The Morgan fingerprint density at radius 1 is 1.00 bits per heavy atom. The molecule has 0 saturated heterocycles. The summed E-state index contributed by atoms with van der Waals surface area (Å²) in [4.78, 5) is 0. The Kier molecular flexibility index (Phi) is 6.59. The third-order valence-corrected chi connectivity index (χ3v) is 10.9. The van der Waals surface area contributed by atoms with Crippen LogP contribution in [-0.2, 0) is 0 Å². The van der Waals surface area contributed by atoms with E-state index in [0.717, 1.165) is 42.4 Å². The van der Waals surface area contributed by atoms with Gasteiger partial charge in [0.15, 0.2) is 0 Å². The van der Waals surface area contributed by atoms with Crippen LogP contribution in [0.4, 0.5) is 0 Å². The quantitative estimate of drug-likeness (QED) is 0.439. The molecule has 4 aliphatic carbocycles. The minimum Gasteiger partial charge on any atom is -0.393 e. The summed E-state index contributed by atoms with van der Waals surface area (Å²) in [7, 11) is 0. The molecule has 0 radical (unpaired) electrons. The van der Waals surface area contributed by atoms with Crippen molar-refractivity contribution >= 4 is 0 Å². The van der Waals surface area contributed by atoms with E-state index < -0.39 is 0 Å². The first kappa shape index (κ1) is 23.6. The molecule has 176 valence electrons. The molecule has 0 unspecified atom stereocenters. The first-order chi connectivity index (χ1) is 14.6. The van der Waals surface area contributed by atoms with Crippen molar-refractivity contribution in [1.29, 1.82) is 0 Å². The van der Waals surface area contributed by atoms with E-state index in [0.29, 0.717) is 22.7 Å². The molecule has 0 amide bonds. The van der Waals surface area contributed by atoms with Crippen LogP contribution in [0.5, 0.6) is 0 Å². The van der Waals surface area contributed by atoms with Crippen molar-refractivity contribution in [2.45, 2.75) is 112 Å². The fraction of sp³-hybridized carbons (Fsp3) is 0.867. The van der Waals surface area contributed by atoms with Crippen LogP contribution in [0.3, 0.4) is 0 Å². The second kappa shape index (κ2) is 8.66. The second-order valence-corrected chi connectivity index (χ2v) is 13.1. The van der Waals surface area contributed by atoms with Gasteiger partial charge in [0, 0.05) is 0 Å². The minimum atomic E-state index is -0.0870. The number of fused-ring (bicyclic) bond motifs is 5. The highest BCUT2D eigenvalue weighted by Crippen LogP contribution is 2.67. The molecule has 1 heteroatoms. The Balaban J connectivity index is 1.51. The average molecular weight is 427 g/mol. The van der Waals surface area contributed by atoms with Crippen LogP contribution in [0.1, 0.15) is 106 Å². The molecule has 0 bridgehead atoms. The molecule has 8 atom stereocenters. The van der Waals surface area contributed by atoms with E-state index in [-0.39, 0.29) is 6.10 Å². The van der Waals surface area contributed by atoms with E-state index in [1.807, 2.05) is 0 Å². The summed E-state index contributed by atoms with van der Waals surface area (Å²) in [5.74, 6) is 5.70. The minimum absolute atomic E-state index is 0.0870. The van der Waals surface area contributed by atoms with E-state index in [1.165, 1.54) is 44.9 Å². The van der Waals surface area contributed by atoms with E-state index in [4.69, 9.17) is 0 Å². The van der Waals surface area contributed by atoms with Crippen LogP contribution in [0.15, 0.2) is 23.3 Å². The fourth-order valence-corrected chi connectivity index (χ4v) is 9.24. The smallest absolute Gasteiger partial charge is 0.0577 e. The van der Waals surface area contributed by atoms with Gasteiger partial charge in [-0.3, -0.25) is 0 Å². The highest BCUT2D eigenvalue weighted by molar-refractivity contribution is 5.25. The van der Waals surface area contributed by atoms with E-state index in [2.05, 4.69) is 60.6 Å². The third kappa shape index (κ3) is 4.00. The van der Waals surface area contributed by atoms with E-state index >= 15 is 0 Å². The van der Waals surface area contributed by atoms with Gasteiger partial charge in [-0.15, -0.1) is 0 Å². The lowest BCUT2D eigenvalue weighted by Gasteiger charge is -2.58. The first-order valence-electron chi connectivity index (χ1n) is 13.7. The molecule has 4 rings (SSSR count). The fourth-order valence-electron chi connectivity index (χ4n) is 9.24. The number of hydrogen-bond acceptors (Lipinski definition) is 1. The largest absolute Gasteiger partial charge is 0.393 e. The Labute approximate surface area is 193 Å². The van der Waals surface area contributed by atoms with Crippen molar-refractivity contribution in [2.24, 2.45) is 52.3 Å². The number of rotatable bonds is 5. The van der Waals surface area contributed by atoms with Crippen LogP contribution < -0.4 is 0 Å². The Morgan fingerprint density at radius 2 is 1.71 bits per heavy atom. The number of aliphatic hydroxyl groups is 1. The van der Waals surface area contributed by atoms with Gasteiger partial charge < -0.3 is 5.11 Å². The van der Waals surface area contributed by atoms with Gasteiger partial charge in [0.05, 0.1) is 6.10 Å². The van der Waals surface area contributed by atoms with Crippen molar-refractivity contribution in [3.63, 3.8) is 0 Å². The molecular weight excluding hydrogens is 376 g/mol. The summed E-state index contributed by atoms with van der Waals surface area (Å²) in [5, 5.41) is 10.3. The third-order valence-electron chi connectivity index (χ3n) is 10.9. The second-order valence-electron chi connectivity index (χ2n) is 13.1. The zero-order valence-electron chi connectivity index (χ0n) is 21.6. The van der Waals surface area contributed by atoms with Gasteiger partial charge in [0.25, 0.3) is 0 Å². The lowest BCUT2D eigenvalue weighted by molar-refractivity contribution is -0.0565.